The topological polar surface area (TPSA) is 196 Å². The molecule has 0 aliphatic rings. The third-order valence-electron chi connectivity index (χ3n) is 7.93. The van der Waals surface area contributed by atoms with E-state index >= 15 is 0 Å². The number of hydrogen-bond acceptors (Lipinski definition) is 12. The van der Waals surface area contributed by atoms with Crippen LogP contribution in [-0.2, 0) is 0 Å². The SMILES string of the molecule is Nc1cc(-c2ccncc2)c(-c2cncnc2)c(C#Cc2ccccc2)n1.Nc1cc(-c2ccncc2)c(Br)c(C#Cc2ccccc2)n1.OB(O)c1cncnc1. The molecule has 0 spiro atoms. The number of rotatable bonds is 4. The van der Waals surface area contributed by atoms with Gasteiger partial charge in [0.15, 0.2) is 0 Å². The molecular formula is C44H32BBrN10O2. The number of nitrogen functional groups attached to an aromatic ring is 2. The van der Waals surface area contributed by atoms with E-state index in [4.69, 9.17) is 21.5 Å². The summed E-state index contributed by atoms with van der Waals surface area (Å²) in [4.78, 5) is 32.4. The molecule has 8 rings (SSSR count). The van der Waals surface area contributed by atoms with Gasteiger partial charge in [0, 0.05) is 82.9 Å². The maximum atomic E-state index is 8.50. The van der Waals surface area contributed by atoms with Crippen molar-refractivity contribution in [3.63, 3.8) is 0 Å². The van der Waals surface area contributed by atoms with Crippen molar-refractivity contribution in [3.05, 3.63) is 186 Å². The average Bonchev–Trinajstić information content (AvgIpc) is 3.28. The zero-order valence-electron chi connectivity index (χ0n) is 30.6. The van der Waals surface area contributed by atoms with Crippen LogP contribution in [0.15, 0.2) is 164 Å². The number of nitrogens with two attached hydrogens (primary N) is 2. The number of benzene rings is 2. The lowest BCUT2D eigenvalue weighted by Crippen LogP contribution is -2.30. The molecule has 2 aromatic carbocycles. The van der Waals surface area contributed by atoms with E-state index in [1.54, 1.807) is 37.2 Å². The Bertz CT molecular complexity index is 2680. The van der Waals surface area contributed by atoms with Gasteiger partial charge in [-0.3, -0.25) is 9.97 Å². The predicted molar refractivity (Wildman–Crippen MR) is 229 cm³/mol. The van der Waals surface area contributed by atoms with Crippen molar-refractivity contribution in [2.45, 2.75) is 0 Å². The fourth-order valence-electron chi connectivity index (χ4n) is 5.26. The van der Waals surface area contributed by atoms with Crippen LogP contribution in [0.1, 0.15) is 22.5 Å². The van der Waals surface area contributed by atoms with Crippen molar-refractivity contribution < 1.29 is 10.0 Å². The molecule has 280 valence electrons. The number of anilines is 2. The molecule has 0 amide bonds. The van der Waals surface area contributed by atoms with Crippen molar-refractivity contribution in [1.29, 1.82) is 0 Å². The van der Waals surface area contributed by atoms with Gasteiger partial charge in [0.2, 0.25) is 0 Å². The van der Waals surface area contributed by atoms with Gasteiger partial charge >= 0.3 is 7.12 Å². The van der Waals surface area contributed by atoms with Crippen molar-refractivity contribution in [3.8, 4) is 57.1 Å². The van der Waals surface area contributed by atoms with E-state index in [2.05, 4.69) is 79.5 Å². The van der Waals surface area contributed by atoms with Gasteiger partial charge in [0.1, 0.15) is 35.7 Å². The van der Waals surface area contributed by atoms with Crippen LogP contribution in [0.25, 0.3) is 33.4 Å². The van der Waals surface area contributed by atoms with Crippen LogP contribution in [0.3, 0.4) is 0 Å². The molecule has 0 aliphatic carbocycles. The van der Waals surface area contributed by atoms with Gasteiger partial charge in [-0.2, -0.15) is 0 Å². The van der Waals surface area contributed by atoms with Crippen LogP contribution >= 0.6 is 15.9 Å². The normalized spacial score (nSPS) is 9.84. The molecule has 0 saturated carbocycles. The Hall–Kier alpha value is -7.62. The van der Waals surface area contributed by atoms with Crippen LogP contribution < -0.4 is 16.9 Å². The lowest BCUT2D eigenvalue weighted by molar-refractivity contribution is 0.425. The maximum Gasteiger partial charge on any atom is 0.491 e. The molecule has 6 N–H and O–H groups in total. The van der Waals surface area contributed by atoms with E-state index in [9.17, 15) is 0 Å². The van der Waals surface area contributed by atoms with Crippen molar-refractivity contribution >= 4 is 40.1 Å². The maximum absolute atomic E-state index is 8.50. The zero-order valence-corrected chi connectivity index (χ0v) is 32.2. The number of halogens is 1. The summed E-state index contributed by atoms with van der Waals surface area (Å²) in [7, 11) is -1.47. The lowest BCUT2D eigenvalue weighted by atomic mass is 9.83. The predicted octanol–water partition coefficient (Wildman–Crippen LogP) is 5.63. The Morgan fingerprint density at radius 3 is 1.45 bits per heavy atom. The summed E-state index contributed by atoms with van der Waals surface area (Å²) in [5.74, 6) is 13.3. The Morgan fingerprint density at radius 1 is 0.500 bits per heavy atom. The van der Waals surface area contributed by atoms with E-state index in [1.807, 2.05) is 97.1 Å². The molecule has 6 heterocycles. The number of pyridine rings is 4. The number of aromatic nitrogens is 8. The third kappa shape index (κ3) is 11.2. The summed E-state index contributed by atoms with van der Waals surface area (Å²) >= 11 is 3.58. The van der Waals surface area contributed by atoms with Gasteiger partial charge in [0.05, 0.1) is 4.47 Å². The van der Waals surface area contributed by atoms with Gasteiger partial charge in [-0.1, -0.05) is 48.2 Å². The zero-order chi connectivity index (χ0) is 40.5. The minimum atomic E-state index is -1.47. The Kier molecular flexibility index (Phi) is 14.1. The highest BCUT2D eigenvalue weighted by Crippen LogP contribution is 2.35. The molecule has 0 radical (unpaired) electrons. The summed E-state index contributed by atoms with van der Waals surface area (Å²) < 4.78 is 0.830. The Morgan fingerprint density at radius 2 is 0.948 bits per heavy atom. The largest absolute Gasteiger partial charge is 0.491 e. The van der Waals surface area contributed by atoms with Crippen LogP contribution in [0, 0.1) is 23.7 Å². The lowest BCUT2D eigenvalue weighted by Gasteiger charge is -2.12. The molecule has 8 aromatic rings. The summed E-state index contributed by atoms with van der Waals surface area (Å²) in [5, 5.41) is 17.0. The minimum absolute atomic E-state index is 0.303. The van der Waals surface area contributed by atoms with Gasteiger partial charge < -0.3 is 21.5 Å². The van der Waals surface area contributed by atoms with E-state index in [0.29, 0.717) is 28.5 Å². The molecule has 14 heteroatoms. The third-order valence-corrected chi connectivity index (χ3v) is 8.73. The van der Waals surface area contributed by atoms with E-state index in [0.717, 1.165) is 49.0 Å². The van der Waals surface area contributed by atoms with Gasteiger partial charge in [-0.15, -0.1) is 0 Å². The second kappa shape index (κ2) is 20.3. The smallest absolute Gasteiger partial charge is 0.423 e. The molecule has 0 bridgehead atoms. The highest BCUT2D eigenvalue weighted by molar-refractivity contribution is 9.10. The number of nitrogens with zero attached hydrogens (tertiary/aromatic N) is 8. The molecular weight excluding hydrogens is 791 g/mol. The van der Waals surface area contributed by atoms with Crippen LogP contribution in [0.5, 0.6) is 0 Å². The minimum Gasteiger partial charge on any atom is -0.423 e. The molecule has 0 atom stereocenters. The summed E-state index contributed by atoms with van der Waals surface area (Å²) in [6.07, 6.45) is 16.0. The fraction of sp³-hybridized carbons (Fsp3) is 0. The molecule has 0 unspecified atom stereocenters. The first-order valence-corrected chi connectivity index (χ1v) is 18.2. The highest BCUT2D eigenvalue weighted by Gasteiger charge is 2.15. The Balaban J connectivity index is 0.000000164. The first-order chi connectivity index (χ1) is 28.4. The first-order valence-electron chi connectivity index (χ1n) is 17.4. The van der Waals surface area contributed by atoms with E-state index in [-0.39, 0.29) is 0 Å². The summed E-state index contributed by atoms with van der Waals surface area (Å²) in [6.45, 7) is 0. The standard InChI is InChI=1S/C22H15N5.C18H12BrN3.C4H5BN2O2/c23-21-12-19(17-8-10-24-11-9-17)22(18-13-25-15-26-14-18)20(27-21)7-6-16-4-2-1-3-5-16;19-18-15(14-8-10-21-11-9-14)12-17(20)22-16(18)7-6-13-4-2-1-3-5-13;8-5(9)4-1-6-3-7-2-4/h1-5,8-15H,(H2,23,27);1-5,8-12H,(H2,20,22);1-3,8-9H. The average molecular weight is 824 g/mol. The monoisotopic (exact) mass is 822 g/mol. The van der Waals surface area contributed by atoms with E-state index in [1.165, 1.54) is 25.0 Å². The second-order valence-corrected chi connectivity index (χ2v) is 12.7. The quantitative estimate of drug-likeness (QED) is 0.126. The molecule has 0 fully saturated rings. The molecule has 12 nitrogen and oxygen atoms in total. The van der Waals surface area contributed by atoms with Crippen LogP contribution in [-0.4, -0.2) is 57.0 Å². The van der Waals surface area contributed by atoms with E-state index < -0.39 is 7.12 Å². The highest BCUT2D eigenvalue weighted by atomic mass is 79.9. The molecule has 0 aliphatic heterocycles. The van der Waals surface area contributed by atoms with Crippen molar-refractivity contribution in [2.75, 3.05) is 11.5 Å². The summed E-state index contributed by atoms with van der Waals surface area (Å²) in [5.41, 5.74) is 20.9. The van der Waals surface area contributed by atoms with Crippen LogP contribution in [0.2, 0.25) is 0 Å². The van der Waals surface area contributed by atoms with Crippen molar-refractivity contribution in [2.24, 2.45) is 0 Å². The molecule has 58 heavy (non-hydrogen) atoms. The van der Waals surface area contributed by atoms with Gasteiger partial charge in [0.25, 0.3) is 0 Å². The number of hydrogen-bond donors (Lipinski definition) is 4. The van der Waals surface area contributed by atoms with Crippen LogP contribution in [0.4, 0.5) is 11.6 Å². The molecule has 0 saturated heterocycles. The van der Waals surface area contributed by atoms with Gasteiger partial charge in [-0.05, 0) is 105 Å². The first kappa shape index (κ1) is 40.1. The molecule has 6 aromatic heterocycles. The van der Waals surface area contributed by atoms with Crippen molar-refractivity contribution in [1.82, 2.24) is 39.9 Å². The second-order valence-electron chi connectivity index (χ2n) is 12.0. The Labute approximate surface area is 343 Å². The fourth-order valence-corrected chi connectivity index (χ4v) is 5.79. The van der Waals surface area contributed by atoms with Gasteiger partial charge in [-0.25, -0.2) is 29.9 Å². The summed E-state index contributed by atoms with van der Waals surface area (Å²) in [6, 6.07) is 30.9.